The number of aliphatic carboxylic acids is 1. The van der Waals surface area contributed by atoms with Gasteiger partial charge in [0.1, 0.15) is 10.8 Å². The molecule has 7 nitrogen and oxygen atoms in total. The summed E-state index contributed by atoms with van der Waals surface area (Å²) in [5.41, 5.74) is 3.22. The molecule has 2 aromatic carbocycles. The second-order valence-corrected chi connectivity index (χ2v) is 15.7. The number of nitrogens with zero attached hydrogens (tertiary/aromatic N) is 2. The van der Waals surface area contributed by atoms with Crippen LogP contribution in [-0.4, -0.2) is 49.8 Å². The van der Waals surface area contributed by atoms with Gasteiger partial charge in [-0.1, -0.05) is 45.0 Å². The molecule has 0 radical (unpaired) electrons. The molecule has 0 amide bonds. The van der Waals surface area contributed by atoms with E-state index in [4.69, 9.17) is 4.74 Å². The van der Waals surface area contributed by atoms with Gasteiger partial charge in [0, 0.05) is 56.3 Å². The maximum Gasteiger partial charge on any atom is 0.309 e. The second-order valence-electron chi connectivity index (χ2n) is 13.0. The smallest absolute Gasteiger partial charge is 0.309 e. The number of hydrogen-bond acceptors (Lipinski definition) is 7. The van der Waals surface area contributed by atoms with Crippen LogP contribution in [0.15, 0.2) is 58.9 Å². The highest BCUT2D eigenvalue weighted by Gasteiger charge is 2.34. The lowest BCUT2D eigenvalue weighted by molar-refractivity contribution is -0.146. The molecular weight excluding hydrogens is 579 g/mol. The van der Waals surface area contributed by atoms with E-state index in [-0.39, 0.29) is 16.6 Å². The minimum Gasteiger partial charge on any atom is -0.481 e. The number of nitrogens with one attached hydrogen (secondary N) is 1. The van der Waals surface area contributed by atoms with Gasteiger partial charge in [-0.3, -0.25) is 9.59 Å². The van der Waals surface area contributed by atoms with Crippen LogP contribution < -0.4 is 10.1 Å². The average molecular weight is 620 g/mol. The molecule has 0 aliphatic carbocycles. The van der Waals surface area contributed by atoms with Crippen molar-refractivity contribution < 1.29 is 19.4 Å². The summed E-state index contributed by atoms with van der Waals surface area (Å²) >= 11 is 3.36. The summed E-state index contributed by atoms with van der Waals surface area (Å²) in [7, 11) is 0. The minimum atomic E-state index is -0.971. The zero-order valence-electron chi connectivity index (χ0n) is 25.8. The number of carboxylic acids is 1. The number of carboxylic acid groups (broad SMARTS) is 1. The van der Waals surface area contributed by atoms with E-state index in [0.29, 0.717) is 18.7 Å². The van der Waals surface area contributed by atoms with Crippen molar-refractivity contribution in [2.75, 3.05) is 6.54 Å². The van der Waals surface area contributed by atoms with Crippen molar-refractivity contribution in [3.05, 3.63) is 65.3 Å². The SMILES string of the molecule is CC(=O)[C@@H](Oc1ccc2c(c1)c(SC(C)(C)C)c(CC(C)(C)C(=O)O)n2Cc1ccc(-c2nccs2)cc1)C1CCCN1. The van der Waals surface area contributed by atoms with E-state index in [0.717, 1.165) is 57.0 Å². The van der Waals surface area contributed by atoms with E-state index < -0.39 is 17.5 Å². The number of fused-ring (bicyclic) bond motifs is 1. The molecule has 228 valence electrons. The molecule has 1 fully saturated rings. The van der Waals surface area contributed by atoms with E-state index in [2.05, 4.69) is 66.0 Å². The third kappa shape index (κ3) is 7.16. The molecule has 1 saturated heterocycles. The summed E-state index contributed by atoms with van der Waals surface area (Å²) in [5, 5.41) is 17.5. The lowest BCUT2D eigenvalue weighted by Crippen LogP contribution is -2.43. The molecule has 2 N–H and O–H groups in total. The molecule has 4 aromatic rings. The molecule has 0 saturated carbocycles. The molecule has 3 heterocycles. The molecule has 1 unspecified atom stereocenters. The van der Waals surface area contributed by atoms with Gasteiger partial charge < -0.3 is 19.7 Å². The van der Waals surface area contributed by atoms with Crippen LogP contribution in [0.2, 0.25) is 0 Å². The summed E-state index contributed by atoms with van der Waals surface area (Å²) in [5.74, 6) is -0.182. The van der Waals surface area contributed by atoms with Crippen molar-refractivity contribution in [3.63, 3.8) is 0 Å². The molecule has 2 aromatic heterocycles. The summed E-state index contributed by atoms with van der Waals surface area (Å²) in [6.07, 6.45) is 3.56. The lowest BCUT2D eigenvalue weighted by Gasteiger charge is -2.24. The van der Waals surface area contributed by atoms with Gasteiger partial charge >= 0.3 is 5.97 Å². The first-order valence-corrected chi connectivity index (χ1v) is 16.5. The van der Waals surface area contributed by atoms with E-state index >= 15 is 0 Å². The van der Waals surface area contributed by atoms with Gasteiger partial charge in [0.2, 0.25) is 0 Å². The summed E-state index contributed by atoms with van der Waals surface area (Å²) in [6, 6.07) is 14.5. The Bertz CT molecular complexity index is 1600. The topological polar surface area (TPSA) is 93.5 Å². The molecule has 0 bridgehead atoms. The third-order valence-electron chi connectivity index (χ3n) is 7.79. The van der Waals surface area contributed by atoms with Crippen molar-refractivity contribution in [1.82, 2.24) is 14.9 Å². The molecule has 2 atom stereocenters. The highest BCUT2D eigenvalue weighted by molar-refractivity contribution is 8.00. The van der Waals surface area contributed by atoms with Gasteiger partial charge in [0.25, 0.3) is 0 Å². The zero-order chi connectivity index (χ0) is 30.9. The number of thiazole rings is 1. The summed E-state index contributed by atoms with van der Waals surface area (Å²) in [4.78, 5) is 30.4. The van der Waals surface area contributed by atoms with E-state index in [1.165, 1.54) is 0 Å². The fraction of sp³-hybridized carbons (Fsp3) is 0.441. The number of thioether (sulfide) groups is 1. The molecule has 5 rings (SSSR count). The molecule has 1 aliphatic heterocycles. The quantitative estimate of drug-likeness (QED) is 0.169. The Morgan fingerprint density at radius 1 is 1.16 bits per heavy atom. The average Bonchev–Trinajstić information content (AvgIpc) is 3.71. The lowest BCUT2D eigenvalue weighted by atomic mass is 9.88. The van der Waals surface area contributed by atoms with E-state index in [1.54, 1.807) is 43.9 Å². The third-order valence-corrected chi connectivity index (χ3v) is 9.88. The van der Waals surface area contributed by atoms with Gasteiger partial charge in [0.15, 0.2) is 11.9 Å². The monoisotopic (exact) mass is 619 g/mol. The van der Waals surface area contributed by atoms with Crippen LogP contribution in [0, 0.1) is 5.41 Å². The number of benzene rings is 2. The standard InChI is InChI=1S/C34H41N3O4S2/c1-21(38)29(26-8-7-15-35-26)41-24-13-14-27-25(18-24)30(43-33(2,3)4)28(19-34(5,6)32(39)40)37(27)20-22-9-11-23(12-10-22)31-36-16-17-42-31/h9-14,16-18,26,29,35H,7-8,15,19-20H2,1-6H3,(H,39,40)/t26?,29-/m1/s1. The predicted molar refractivity (Wildman–Crippen MR) is 175 cm³/mol. The largest absolute Gasteiger partial charge is 0.481 e. The van der Waals surface area contributed by atoms with Crippen LogP contribution in [0.4, 0.5) is 0 Å². The molecule has 43 heavy (non-hydrogen) atoms. The number of ketones is 1. The number of carbonyl (C=O) groups excluding carboxylic acids is 1. The van der Waals surface area contributed by atoms with Crippen LogP contribution in [0.5, 0.6) is 5.75 Å². The van der Waals surface area contributed by atoms with Crippen LogP contribution >= 0.6 is 23.1 Å². The number of rotatable bonds is 11. The number of carbonyl (C=O) groups is 2. The first-order chi connectivity index (χ1) is 20.3. The number of hydrogen-bond donors (Lipinski definition) is 2. The van der Waals surface area contributed by atoms with Crippen molar-refractivity contribution in [3.8, 4) is 16.3 Å². The Morgan fingerprint density at radius 3 is 2.49 bits per heavy atom. The highest BCUT2D eigenvalue weighted by Crippen LogP contribution is 2.44. The predicted octanol–water partition coefficient (Wildman–Crippen LogP) is 7.45. The Labute approximate surface area is 262 Å². The Balaban J connectivity index is 1.62. The molecular formula is C34H41N3O4S2. The maximum atomic E-state index is 12.6. The first kappa shape index (κ1) is 31.3. The van der Waals surface area contributed by atoms with E-state index in [9.17, 15) is 14.7 Å². The Hall–Kier alpha value is -3.14. The van der Waals surface area contributed by atoms with Gasteiger partial charge in [-0.2, -0.15) is 0 Å². The fourth-order valence-corrected chi connectivity index (χ4v) is 7.40. The van der Waals surface area contributed by atoms with Gasteiger partial charge in [-0.25, -0.2) is 4.98 Å². The molecule has 1 aliphatic rings. The number of aromatic nitrogens is 2. The Kier molecular flexibility index (Phi) is 9.07. The van der Waals surface area contributed by atoms with E-state index in [1.807, 2.05) is 23.7 Å². The first-order valence-electron chi connectivity index (χ1n) is 14.8. The minimum absolute atomic E-state index is 0.000455. The maximum absolute atomic E-state index is 12.6. The number of Topliss-reactive ketones (excluding diaryl/α,β-unsaturated/α-hetero) is 1. The number of ether oxygens (including phenoxy) is 1. The highest BCUT2D eigenvalue weighted by atomic mass is 32.2. The fourth-order valence-electron chi connectivity index (χ4n) is 5.57. The Morgan fingerprint density at radius 2 is 1.91 bits per heavy atom. The van der Waals surface area contributed by atoms with Gasteiger partial charge in [-0.05, 0) is 63.9 Å². The summed E-state index contributed by atoms with van der Waals surface area (Å²) < 4.78 is 8.52. The van der Waals surface area contributed by atoms with Crippen LogP contribution in [0.1, 0.15) is 65.6 Å². The normalized spacial score (nSPS) is 16.5. The molecule has 0 spiro atoms. The van der Waals surface area contributed by atoms with Crippen LogP contribution in [0.3, 0.4) is 0 Å². The van der Waals surface area contributed by atoms with Gasteiger partial charge in [0.05, 0.1) is 11.5 Å². The van der Waals surface area contributed by atoms with Crippen LogP contribution in [-0.2, 0) is 22.6 Å². The van der Waals surface area contributed by atoms with Crippen molar-refractivity contribution in [2.45, 2.75) is 89.1 Å². The van der Waals surface area contributed by atoms with Crippen LogP contribution in [0.25, 0.3) is 21.5 Å². The second kappa shape index (κ2) is 12.5. The van der Waals surface area contributed by atoms with Crippen molar-refractivity contribution in [1.29, 1.82) is 0 Å². The zero-order valence-corrected chi connectivity index (χ0v) is 27.4. The van der Waals surface area contributed by atoms with Gasteiger partial charge in [-0.15, -0.1) is 23.1 Å². The van der Waals surface area contributed by atoms with Crippen molar-refractivity contribution in [2.24, 2.45) is 5.41 Å². The molecule has 9 heteroatoms. The van der Waals surface area contributed by atoms with Crippen molar-refractivity contribution >= 4 is 45.8 Å². The summed E-state index contributed by atoms with van der Waals surface area (Å²) in [6.45, 7) is 13.1.